The van der Waals surface area contributed by atoms with Crippen LogP contribution in [0.15, 0.2) is 18.2 Å². The third-order valence-corrected chi connectivity index (χ3v) is 3.84. The number of amides is 1. The minimum atomic E-state index is 0.146. The summed E-state index contributed by atoms with van der Waals surface area (Å²) in [5.41, 5.74) is 3.08. The highest BCUT2D eigenvalue weighted by atomic mass is 16.5. The Balaban J connectivity index is 2.04. The largest absolute Gasteiger partial charge is 0.376 e. The molecule has 1 atom stereocenters. The van der Waals surface area contributed by atoms with Crippen molar-refractivity contribution in [2.45, 2.75) is 46.1 Å². The van der Waals surface area contributed by atoms with Crippen molar-refractivity contribution < 1.29 is 9.53 Å². The van der Waals surface area contributed by atoms with Crippen molar-refractivity contribution in [2.24, 2.45) is 0 Å². The van der Waals surface area contributed by atoms with Crippen LogP contribution in [-0.2, 0) is 4.74 Å². The molecule has 0 saturated carbocycles. The number of likely N-dealkylation sites (tertiary alicyclic amines) is 1. The maximum atomic E-state index is 12.6. The normalized spacial score (nSPS) is 19.1. The number of piperidine rings is 1. The summed E-state index contributed by atoms with van der Waals surface area (Å²) in [5.74, 6) is 0.146. The number of benzene rings is 1. The molecule has 0 spiro atoms. The molecule has 110 valence electrons. The predicted octanol–water partition coefficient (Wildman–Crippen LogP) is 3.33. The molecule has 1 heterocycles. The van der Waals surface area contributed by atoms with E-state index >= 15 is 0 Å². The van der Waals surface area contributed by atoms with Crippen molar-refractivity contribution in [2.75, 3.05) is 19.7 Å². The Bertz CT molecular complexity index is 470. The number of hydrogen-bond donors (Lipinski definition) is 0. The lowest BCUT2D eigenvalue weighted by Crippen LogP contribution is -2.43. The lowest BCUT2D eigenvalue weighted by molar-refractivity contribution is 0.00208. The monoisotopic (exact) mass is 275 g/mol. The maximum Gasteiger partial charge on any atom is 0.254 e. The van der Waals surface area contributed by atoms with Crippen LogP contribution in [0.2, 0.25) is 0 Å². The van der Waals surface area contributed by atoms with Crippen molar-refractivity contribution >= 4 is 5.91 Å². The summed E-state index contributed by atoms with van der Waals surface area (Å²) in [4.78, 5) is 14.6. The first-order valence-corrected chi connectivity index (χ1v) is 7.60. The second-order valence-corrected chi connectivity index (χ2v) is 5.70. The Hall–Kier alpha value is -1.35. The van der Waals surface area contributed by atoms with Gasteiger partial charge in [-0.15, -0.1) is 0 Å². The second-order valence-electron chi connectivity index (χ2n) is 5.70. The highest BCUT2D eigenvalue weighted by Gasteiger charge is 2.25. The Kier molecular flexibility index (Phi) is 5.18. The molecule has 20 heavy (non-hydrogen) atoms. The quantitative estimate of drug-likeness (QED) is 0.843. The molecule has 0 aromatic heterocycles. The zero-order chi connectivity index (χ0) is 14.5. The van der Waals surface area contributed by atoms with Crippen LogP contribution in [0.5, 0.6) is 0 Å². The molecule has 1 aliphatic heterocycles. The van der Waals surface area contributed by atoms with Gasteiger partial charge in [0, 0.05) is 25.3 Å². The zero-order valence-electron chi connectivity index (χ0n) is 12.8. The van der Waals surface area contributed by atoms with Crippen LogP contribution in [-0.4, -0.2) is 36.6 Å². The minimum Gasteiger partial charge on any atom is -0.376 e. The number of nitrogens with zero attached hydrogens (tertiary/aromatic N) is 1. The van der Waals surface area contributed by atoms with E-state index in [4.69, 9.17) is 4.74 Å². The van der Waals surface area contributed by atoms with E-state index in [0.717, 1.165) is 50.1 Å². The van der Waals surface area contributed by atoms with Crippen molar-refractivity contribution in [3.8, 4) is 0 Å². The van der Waals surface area contributed by atoms with Crippen LogP contribution in [0.3, 0.4) is 0 Å². The fraction of sp³-hybridized carbons (Fsp3) is 0.588. The highest BCUT2D eigenvalue weighted by Crippen LogP contribution is 2.19. The fourth-order valence-electron chi connectivity index (χ4n) is 2.77. The minimum absolute atomic E-state index is 0.146. The number of carbonyl (C=O) groups is 1. The maximum absolute atomic E-state index is 12.6. The van der Waals surface area contributed by atoms with E-state index in [1.54, 1.807) is 0 Å². The van der Waals surface area contributed by atoms with Gasteiger partial charge in [-0.25, -0.2) is 0 Å². The zero-order valence-corrected chi connectivity index (χ0v) is 12.8. The summed E-state index contributed by atoms with van der Waals surface area (Å²) >= 11 is 0. The lowest BCUT2D eigenvalue weighted by Gasteiger charge is -2.33. The van der Waals surface area contributed by atoms with Gasteiger partial charge < -0.3 is 9.64 Å². The van der Waals surface area contributed by atoms with Crippen LogP contribution in [0.1, 0.15) is 47.7 Å². The molecule has 0 bridgehead atoms. The van der Waals surface area contributed by atoms with Gasteiger partial charge in [-0.05, 0) is 44.7 Å². The number of carbonyl (C=O) groups excluding carboxylic acids is 1. The van der Waals surface area contributed by atoms with Crippen molar-refractivity contribution in [3.05, 3.63) is 34.9 Å². The molecule has 1 fully saturated rings. The molecule has 1 aromatic carbocycles. The molecule has 0 unspecified atom stereocenters. The van der Waals surface area contributed by atoms with Gasteiger partial charge in [0.1, 0.15) is 0 Å². The van der Waals surface area contributed by atoms with Gasteiger partial charge in [-0.2, -0.15) is 0 Å². The third kappa shape index (κ3) is 3.60. The number of ether oxygens (including phenoxy) is 1. The smallest absolute Gasteiger partial charge is 0.254 e. The van der Waals surface area contributed by atoms with Crippen LogP contribution < -0.4 is 0 Å². The molecular weight excluding hydrogens is 250 g/mol. The lowest BCUT2D eigenvalue weighted by atomic mass is 10.0. The second kappa shape index (κ2) is 6.89. The molecule has 1 saturated heterocycles. The van der Waals surface area contributed by atoms with Gasteiger partial charge in [-0.1, -0.05) is 24.6 Å². The summed E-state index contributed by atoms with van der Waals surface area (Å²) in [6.45, 7) is 8.54. The van der Waals surface area contributed by atoms with Crippen molar-refractivity contribution in [1.82, 2.24) is 4.90 Å². The van der Waals surface area contributed by atoms with E-state index in [-0.39, 0.29) is 12.0 Å². The van der Waals surface area contributed by atoms with Crippen LogP contribution in [0.25, 0.3) is 0 Å². The van der Waals surface area contributed by atoms with Gasteiger partial charge in [0.15, 0.2) is 0 Å². The van der Waals surface area contributed by atoms with E-state index in [2.05, 4.69) is 19.9 Å². The number of rotatable bonds is 4. The Morgan fingerprint density at radius 3 is 2.90 bits per heavy atom. The Labute approximate surface area is 121 Å². The Morgan fingerprint density at radius 2 is 2.20 bits per heavy atom. The average molecular weight is 275 g/mol. The van der Waals surface area contributed by atoms with Gasteiger partial charge in [-0.3, -0.25) is 4.79 Å². The molecule has 1 amide bonds. The highest BCUT2D eigenvalue weighted by molar-refractivity contribution is 5.95. The van der Waals surface area contributed by atoms with Gasteiger partial charge >= 0.3 is 0 Å². The van der Waals surface area contributed by atoms with Crippen LogP contribution >= 0.6 is 0 Å². The summed E-state index contributed by atoms with van der Waals surface area (Å²) in [5, 5.41) is 0. The Morgan fingerprint density at radius 1 is 1.40 bits per heavy atom. The third-order valence-electron chi connectivity index (χ3n) is 3.84. The number of hydrogen-bond acceptors (Lipinski definition) is 2. The van der Waals surface area contributed by atoms with E-state index < -0.39 is 0 Å². The topological polar surface area (TPSA) is 29.5 Å². The van der Waals surface area contributed by atoms with E-state index in [1.165, 1.54) is 5.56 Å². The predicted molar refractivity (Wildman–Crippen MR) is 81.1 cm³/mol. The van der Waals surface area contributed by atoms with Gasteiger partial charge in [0.25, 0.3) is 5.91 Å². The SMILES string of the molecule is CCCO[C@@H]1CCCN(C(=O)c2ccc(C)cc2C)C1. The first-order chi connectivity index (χ1) is 9.61. The molecule has 2 rings (SSSR count). The van der Waals surface area contributed by atoms with Crippen molar-refractivity contribution in [3.63, 3.8) is 0 Å². The van der Waals surface area contributed by atoms with E-state index in [0.29, 0.717) is 0 Å². The van der Waals surface area contributed by atoms with Crippen LogP contribution in [0.4, 0.5) is 0 Å². The molecule has 0 radical (unpaired) electrons. The average Bonchev–Trinajstić information content (AvgIpc) is 2.45. The molecular formula is C17H25NO2. The molecule has 0 aliphatic carbocycles. The van der Waals surface area contributed by atoms with Gasteiger partial charge in [0.2, 0.25) is 0 Å². The summed E-state index contributed by atoms with van der Waals surface area (Å²) in [6, 6.07) is 6.03. The summed E-state index contributed by atoms with van der Waals surface area (Å²) in [7, 11) is 0. The molecule has 0 N–H and O–H groups in total. The number of aryl methyl sites for hydroxylation is 2. The molecule has 3 heteroatoms. The standard InChI is InChI=1S/C17H25NO2/c1-4-10-20-15-6-5-9-18(12-15)17(19)16-8-7-13(2)11-14(16)3/h7-8,11,15H,4-6,9-10,12H2,1-3H3/t15-/m1/s1. The van der Waals surface area contributed by atoms with Gasteiger partial charge in [0.05, 0.1) is 6.10 Å². The summed E-state index contributed by atoms with van der Waals surface area (Å²) in [6.07, 6.45) is 3.34. The van der Waals surface area contributed by atoms with Crippen molar-refractivity contribution in [1.29, 1.82) is 0 Å². The first-order valence-electron chi connectivity index (χ1n) is 7.60. The molecule has 3 nitrogen and oxygen atoms in total. The summed E-state index contributed by atoms with van der Waals surface area (Å²) < 4.78 is 5.80. The molecule has 1 aromatic rings. The first kappa shape index (κ1) is 15.0. The fourth-order valence-corrected chi connectivity index (χ4v) is 2.77. The molecule has 1 aliphatic rings. The van der Waals surface area contributed by atoms with E-state index in [1.807, 2.05) is 24.0 Å². The van der Waals surface area contributed by atoms with E-state index in [9.17, 15) is 4.79 Å². The van der Waals surface area contributed by atoms with Crippen LogP contribution in [0, 0.1) is 13.8 Å².